The van der Waals surface area contributed by atoms with Crippen molar-refractivity contribution in [2.45, 2.75) is 6.54 Å². The van der Waals surface area contributed by atoms with Gasteiger partial charge in [-0.15, -0.1) is 0 Å². The monoisotopic (exact) mass is 310 g/mol. The first-order chi connectivity index (χ1) is 11.1. The molecular formula is C18H18N2O3. The van der Waals surface area contributed by atoms with Crippen LogP contribution in [0.3, 0.4) is 0 Å². The van der Waals surface area contributed by atoms with Crippen molar-refractivity contribution in [2.24, 2.45) is 0 Å². The zero-order valence-corrected chi connectivity index (χ0v) is 13.2. The first-order valence-corrected chi connectivity index (χ1v) is 7.13. The van der Waals surface area contributed by atoms with Crippen LogP contribution < -0.4 is 9.47 Å². The number of likely N-dealkylation sites (N-methyl/N-ethyl adjacent to an activating group) is 1. The van der Waals surface area contributed by atoms with E-state index in [1.165, 1.54) is 0 Å². The minimum atomic E-state index is -0.139. The maximum absolute atomic E-state index is 12.2. The van der Waals surface area contributed by atoms with Crippen LogP contribution in [-0.2, 0) is 11.3 Å². The van der Waals surface area contributed by atoms with Crippen LogP contribution in [0.2, 0.25) is 0 Å². The molecule has 5 nitrogen and oxygen atoms in total. The smallest absolute Gasteiger partial charge is 0.260 e. The van der Waals surface area contributed by atoms with E-state index in [9.17, 15) is 4.79 Å². The van der Waals surface area contributed by atoms with Crippen molar-refractivity contribution in [1.82, 2.24) is 4.90 Å². The van der Waals surface area contributed by atoms with Crippen molar-refractivity contribution in [3.63, 3.8) is 0 Å². The molecule has 0 aliphatic rings. The largest absolute Gasteiger partial charge is 0.496 e. The summed E-state index contributed by atoms with van der Waals surface area (Å²) < 4.78 is 10.7. The Balaban J connectivity index is 1.90. The topological polar surface area (TPSA) is 62.6 Å². The lowest BCUT2D eigenvalue weighted by Gasteiger charge is -2.19. The van der Waals surface area contributed by atoms with E-state index in [1.807, 2.05) is 30.3 Å². The van der Waals surface area contributed by atoms with Gasteiger partial charge in [-0.2, -0.15) is 5.26 Å². The number of para-hydroxylation sites is 1. The summed E-state index contributed by atoms with van der Waals surface area (Å²) >= 11 is 0. The Labute approximate surface area is 135 Å². The summed E-state index contributed by atoms with van der Waals surface area (Å²) in [6.45, 7) is 0.386. The fraction of sp³-hybridized carbons (Fsp3) is 0.222. The van der Waals surface area contributed by atoms with Gasteiger partial charge in [0.25, 0.3) is 5.91 Å². The molecule has 2 rings (SSSR count). The van der Waals surface area contributed by atoms with Gasteiger partial charge >= 0.3 is 0 Å². The van der Waals surface area contributed by atoms with E-state index in [4.69, 9.17) is 14.7 Å². The van der Waals surface area contributed by atoms with Crippen LogP contribution in [0.5, 0.6) is 11.5 Å². The average molecular weight is 310 g/mol. The molecule has 2 aromatic rings. The number of hydrogen-bond donors (Lipinski definition) is 0. The van der Waals surface area contributed by atoms with Gasteiger partial charge in [-0.25, -0.2) is 0 Å². The molecular weight excluding hydrogens is 292 g/mol. The molecule has 0 aromatic heterocycles. The third-order valence-corrected chi connectivity index (χ3v) is 3.37. The zero-order valence-electron chi connectivity index (χ0n) is 13.2. The van der Waals surface area contributed by atoms with Gasteiger partial charge in [-0.1, -0.05) is 18.2 Å². The number of ether oxygens (including phenoxy) is 2. The van der Waals surface area contributed by atoms with Crippen molar-refractivity contribution in [3.8, 4) is 17.6 Å². The molecule has 0 saturated heterocycles. The molecule has 0 unspecified atom stereocenters. The van der Waals surface area contributed by atoms with Crippen LogP contribution >= 0.6 is 0 Å². The van der Waals surface area contributed by atoms with Crippen molar-refractivity contribution in [1.29, 1.82) is 5.26 Å². The molecule has 0 aliphatic carbocycles. The molecule has 0 atom stereocenters. The second-order valence-corrected chi connectivity index (χ2v) is 4.99. The number of methoxy groups -OCH3 is 1. The highest BCUT2D eigenvalue weighted by Gasteiger charge is 2.12. The van der Waals surface area contributed by atoms with Gasteiger partial charge in [0.2, 0.25) is 0 Å². The van der Waals surface area contributed by atoms with Gasteiger partial charge in [0.1, 0.15) is 11.5 Å². The molecule has 0 spiro atoms. The Morgan fingerprint density at radius 3 is 2.52 bits per heavy atom. The fourth-order valence-electron chi connectivity index (χ4n) is 2.06. The second kappa shape index (κ2) is 7.85. The Bertz CT molecular complexity index is 705. The Morgan fingerprint density at radius 2 is 1.87 bits per heavy atom. The standard InChI is InChI=1S/C18H18N2O3/c1-20(12-15-5-3-4-6-17(15)22-2)18(21)13-23-16-9-7-14(11-19)8-10-16/h3-10H,12-13H2,1-2H3. The van der Waals surface area contributed by atoms with Crippen LogP contribution in [0.25, 0.3) is 0 Å². The summed E-state index contributed by atoms with van der Waals surface area (Å²) in [6, 6.07) is 16.3. The van der Waals surface area contributed by atoms with Gasteiger partial charge < -0.3 is 14.4 Å². The van der Waals surface area contributed by atoms with E-state index < -0.39 is 0 Å². The predicted octanol–water partition coefficient (Wildman–Crippen LogP) is 2.60. The molecule has 0 radical (unpaired) electrons. The summed E-state index contributed by atoms with van der Waals surface area (Å²) in [6.07, 6.45) is 0. The molecule has 5 heteroatoms. The number of carbonyl (C=O) groups is 1. The maximum atomic E-state index is 12.2. The van der Waals surface area contributed by atoms with Gasteiger partial charge in [0.15, 0.2) is 6.61 Å². The number of nitriles is 1. The number of rotatable bonds is 6. The van der Waals surface area contributed by atoms with E-state index >= 15 is 0 Å². The summed E-state index contributed by atoms with van der Waals surface area (Å²) in [4.78, 5) is 13.7. The summed E-state index contributed by atoms with van der Waals surface area (Å²) in [5.74, 6) is 1.17. The minimum absolute atomic E-state index is 0.0580. The van der Waals surface area contributed by atoms with Gasteiger partial charge in [0, 0.05) is 19.2 Å². The SMILES string of the molecule is COc1ccccc1CN(C)C(=O)COc1ccc(C#N)cc1. The molecule has 23 heavy (non-hydrogen) atoms. The van der Waals surface area contributed by atoms with Gasteiger partial charge in [-0.05, 0) is 30.3 Å². The highest BCUT2D eigenvalue weighted by atomic mass is 16.5. The van der Waals surface area contributed by atoms with Crippen LogP contribution in [0.15, 0.2) is 48.5 Å². The lowest BCUT2D eigenvalue weighted by molar-refractivity contribution is -0.132. The number of carbonyl (C=O) groups excluding carboxylic acids is 1. The van der Waals surface area contributed by atoms with Crippen LogP contribution in [-0.4, -0.2) is 31.6 Å². The van der Waals surface area contributed by atoms with Crippen LogP contribution in [0, 0.1) is 11.3 Å². The third-order valence-electron chi connectivity index (χ3n) is 3.37. The molecule has 0 aliphatic heterocycles. The Kier molecular flexibility index (Phi) is 5.59. The summed E-state index contributed by atoms with van der Waals surface area (Å²) in [7, 11) is 3.32. The molecule has 0 fully saturated rings. The second-order valence-electron chi connectivity index (χ2n) is 4.99. The molecule has 0 N–H and O–H groups in total. The molecule has 0 bridgehead atoms. The van der Waals surface area contributed by atoms with Crippen LogP contribution in [0.4, 0.5) is 0 Å². The third kappa shape index (κ3) is 4.48. The number of nitrogens with zero attached hydrogens (tertiary/aromatic N) is 2. The number of hydrogen-bond acceptors (Lipinski definition) is 4. The van der Waals surface area contributed by atoms with Gasteiger partial charge in [0.05, 0.1) is 18.7 Å². The van der Waals surface area contributed by atoms with E-state index in [0.717, 1.165) is 11.3 Å². The predicted molar refractivity (Wildman–Crippen MR) is 86.1 cm³/mol. The van der Waals surface area contributed by atoms with Crippen molar-refractivity contribution >= 4 is 5.91 Å². The Morgan fingerprint density at radius 1 is 1.17 bits per heavy atom. The average Bonchev–Trinajstić information content (AvgIpc) is 2.60. The first-order valence-electron chi connectivity index (χ1n) is 7.13. The van der Waals surface area contributed by atoms with E-state index in [0.29, 0.717) is 17.9 Å². The van der Waals surface area contributed by atoms with Crippen molar-refractivity contribution < 1.29 is 14.3 Å². The van der Waals surface area contributed by atoms with E-state index in [-0.39, 0.29) is 12.5 Å². The maximum Gasteiger partial charge on any atom is 0.260 e. The van der Waals surface area contributed by atoms with E-state index in [1.54, 1.807) is 43.3 Å². The molecule has 2 aromatic carbocycles. The molecule has 0 heterocycles. The lowest BCUT2D eigenvalue weighted by atomic mass is 10.2. The summed E-state index contributed by atoms with van der Waals surface area (Å²) in [5.41, 5.74) is 1.49. The Hall–Kier alpha value is -3.00. The minimum Gasteiger partial charge on any atom is -0.496 e. The van der Waals surface area contributed by atoms with Crippen molar-refractivity contribution in [3.05, 3.63) is 59.7 Å². The van der Waals surface area contributed by atoms with Gasteiger partial charge in [-0.3, -0.25) is 4.79 Å². The zero-order chi connectivity index (χ0) is 16.7. The molecule has 118 valence electrons. The first kappa shape index (κ1) is 16.4. The summed E-state index contributed by atoms with van der Waals surface area (Å²) in [5, 5.41) is 8.74. The number of amides is 1. The molecule has 0 saturated carbocycles. The lowest BCUT2D eigenvalue weighted by Crippen LogP contribution is -2.31. The molecule has 1 amide bonds. The van der Waals surface area contributed by atoms with E-state index in [2.05, 4.69) is 0 Å². The quantitative estimate of drug-likeness (QED) is 0.823. The highest BCUT2D eigenvalue weighted by molar-refractivity contribution is 5.77. The van der Waals surface area contributed by atoms with Crippen molar-refractivity contribution in [2.75, 3.05) is 20.8 Å². The van der Waals surface area contributed by atoms with Crippen LogP contribution in [0.1, 0.15) is 11.1 Å². The highest BCUT2D eigenvalue weighted by Crippen LogP contribution is 2.19. The number of benzene rings is 2. The normalized spacial score (nSPS) is 9.78. The fourth-order valence-corrected chi connectivity index (χ4v) is 2.06.